The van der Waals surface area contributed by atoms with Crippen molar-refractivity contribution in [1.82, 2.24) is 4.98 Å². The summed E-state index contributed by atoms with van der Waals surface area (Å²) in [5, 5.41) is 3.56. The fourth-order valence-corrected chi connectivity index (χ4v) is 2.03. The third-order valence-electron chi connectivity index (χ3n) is 3.12. The smallest absolute Gasteiger partial charge is 0.126 e. The Morgan fingerprint density at radius 2 is 2.44 bits per heavy atom. The number of aryl methyl sites for hydroxylation is 1. The number of nitrogens with zero attached hydrogens (tertiary/aromatic N) is 1. The van der Waals surface area contributed by atoms with Gasteiger partial charge in [0.2, 0.25) is 0 Å². The minimum atomic E-state index is 0.576. The van der Waals surface area contributed by atoms with Gasteiger partial charge in [-0.2, -0.15) is 0 Å². The van der Waals surface area contributed by atoms with Crippen molar-refractivity contribution in [2.45, 2.75) is 38.6 Å². The minimum absolute atomic E-state index is 0.576. The van der Waals surface area contributed by atoms with Gasteiger partial charge in [-0.3, -0.25) is 0 Å². The fourth-order valence-electron chi connectivity index (χ4n) is 2.03. The van der Waals surface area contributed by atoms with E-state index in [1.807, 2.05) is 18.3 Å². The van der Waals surface area contributed by atoms with Gasteiger partial charge in [-0.15, -0.1) is 6.58 Å². The van der Waals surface area contributed by atoms with Crippen LogP contribution in [0, 0.1) is 12.8 Å². The molecule has 1 unspecified atom stereocenters. The molecule has 16 heavy (non-hydrogen) atoms. The van der Waals surface area contributed by atoms with Crippen molar-refractivity contribution in [1.29, 1.82) is 0 Å². The minimum Gasteiger partial charge on any atom is -0.367 e. The van der Waals surface area contributed by atoms with Crippen LogP contribution in [0.1, 0.15) is 31.2 Å². The summed E-state index contributed by atoms with van der Waals surface area (Å²) in [5.41, 5.74) is 1.26. The molecule has 0 bridgehead atoms. The molecular formula is C14H20N2. The Bertz CT molecular complexity index is 356. The molecule has 2 rings (SSSR count). The summed E-state index contributed by atoms with van der Waals surface area (Å²) < 4.78 is 0. The molecule has 1 aromatic heterocycles. The van der Waals surface area contributed by atoms with Crippen molar-refractivity contribution >= 4 is 5.82 Å². The van der Waals surface area contributed by atoms with Gasteiger partial charge >= 0.3 is 0 Å². The van der Waals surface area contributed by atoms with Crippen LogP contribution in [0.2, 0.25) is 0 Å². The monoisotopic (exact) mass is 216 g/mol. The molecule has 1 aliphatic carbocycles. The molecular weight excluding hydrogens is 196 g/mol. The van der Waals surface area contributed by atoms with Crippen LogP contribution in [-0.4, -0.2) is 11.0 Å². The van der Waals surface area contributed by atoms with Gasteiger partial charge in [-0.05, 0) is 56.2 Å². The zero-order valence-corrected chi connectivity index (χ0v) is 9.95. The molecule has 2 heteroatoms. The lowest BCUT2D eigenvalue weighted by molar-refractivity contribution is 0.590. The summed E-state index contributed by atoms with van der Waals surface area (Å²) in [6, 6.07) is 4.72. The normalized spacial score (nSPS) is 16.8. The van der Waals surface area contributed by atoms with Gasteiger partial charge in [0, 0.05) is 12.2 Å². The number of hydrogen-bond acceptors (Lipinski definition) is 2. The van der Waals surface area contributed by atoms with Crippen LogP contribution in [-0.2, 0) is 0 Å². The van der Waals surface area contributed by atoms with Gasteiger partial charge in [0.05, 0.1) is 0 Å². The molecule has 0 amide bonds. The standard InChI is InChI=1S/C14H20N2/c1-3-4-5-13(12-6-7-12)16-14-10-11(2)8-9-15-14/h3,8-10,12-13H,1,4-7H2,2H3,(H,15,16). The Morgan fingerprint density at radius 3 is 3.06 bits per heavy atom. The van der Waals surface area contributed by atoms with Gasteiger partial charge in [0.1, 0.15) is 5.82 Å². The van der Waals surface area contributed by atoms with E-state index in [1.165, 1.54) is 24.8 Å². The van der Waals surface area contributed by atoms with Crippen molar-refractivity contribution in [2.75, 3.05) is 5.32 Å². The molecule has 0 saturated heterocycles. The van der Waals surface area contributed by atoms with Crippen LogP contribution in [0.25, 0.3) is 0 Å². The first-order valence-corrected chi connectivity index (χ1v) is 6.09. The third kappa shape index (κ3) is 3.09. The zero-order chi connectivity index (χ0) is 11.4. The van der Waals surface area contributed by atoms with Gasteiger partial charge in [0.15, 0.2) is 0 Å². The van der Waals surface area contributed by atoms with Crippen molar-refractivity contribution in [3.05, 3.63) is 36.5 Å². The van der Waals surface area contributed by atoms with Crippen LogP contribution in [0.15, 0.2) is 31.0 Å². The number of aromatic nitrogens is 1. The number of anilines is 1. The van der Waals surface area contributed by atoms with Crippen LogP contribution >= 0.6 is 0 Å². The molecule has 0 radical (unpaired) electrons. The van der Waals surface area contributed by atoms with Crippen molar-refractivity contribution in [3.63, 3.8) is 0 Å². The third-order valence-corrected chi connectivity index (χ3v) is 3.12. The quantitative estimate of drug-likeness (QED) is 0.736. The first-order valence-electron chi connectivity index (χ1n) is 6.09. The van der Waals surface area contributed by atoms with E-state index >= 15 is 0 Å². The molecule has 1 aliphatic rings. The Morgan fingerprint density at radius 1 is 1.62 bits per heavy atom. The molecule has 86 valence electrons. The summed E-state index contributed by atoms with van der Waals surface area (Å²) in [6.45, 7) is 5.89. The zero-order valence-electron chi connectivity index (χ0n) is 9.95. The maximum Gasteiger partial charge on any atom is 0.126 e. The first kappa shape index (κ1) is 11.2. The topological polar surface area (TPSA) is 24.9 Å². The predicted molar refractivity (Wildman–Crippen MR) is 68.5 cm³/mol. The second kappa shape index (κ2) is 5.15. The average Bonchev–Trinajstić information content (AvgIpc) is 3.08. The van der Waals surface area contributed by atoms with Crippen LogP contribution < -0.4 is 5.32 Å². The molecule has 1 heterocycles. The summed E-state index contributed by atoms with van der Waals surface area (Å²) >= 11 is 0. The fraction of sp³-hybridized carbons (Fsp3) is 0.500. The summed E-state index contributed by atoms with van der Waals surface area (Å²) in [5.74, 6) is 1.86. The summed E-state index contributed by atoms with van der Waals surface area (Å²) in [6.07, 6.45) is 8.85. The highest BCUT2D eigenvalue weighted by molar-refractivity contribution is 5.38. The molecule has 2 nitrogen and oxygen atoms in total. The van der Waals surface area contributed by atoms with E-state index in [-0.39, 0.29) is 0 Å². The highest BCUT2D eigenvalue weighted by Crippen LogP contribution is 2.36. The van der Waals surface area contributed by atoms with E-state index in [0.717, 1.165) is 18.2 Å². The average molecular weight is 216 g/mol. The Hall–Kier alpha value is -1.31. The molecule has 1 aromatic rings. The molecule has 1 saturated carbocycles. The Balaban J connectivity index is 1.96. The van der Waals surface area contributed by atoms with E-state index in [4.69, 9.17) is 0 Å². The molecule has 1 fully saturated rings. The lowest BCUT2D eigenvalue weighted by Gasteiger charge is -2.18. The van der Waals surface area contributed by atoms with Gasteiger partial charge < -0.3 is 5.32 Å². The van der Waals surface area contributed by atoms with Crippen LogP contribution in [0.3, 0.4) is 0 Å². The number of allylic oxidation sites excluding steroid dienone is 1. The first-order chi connectivity index (χ1) is 7.79. The molecule has 1 N–H and O–H groups in total. The van der Waals surface area contributed by atoms with Gasteiger partial charge in [-0.1, -0.05) is 6.08 Å². The van der Waals surface area contributed by atoms with E-state index in [0.29, 0.717) is 6.04 Å². The SMILES string of the molecule is C=CCCC(Nc1cc(C)ccn1)C1CC1. The van der Waals surface area contributed by atoms with Crippen molar-refractivity contribution in [3.8, 4) is 0 Å². The van der Waals surface area contributed by atoms with E-state index in [2.05, 4.69) is 29.9 Å². The number of pyridine rings is 1. The maximum absolute atomic E-state index is 4.36. The van der Waals surface area contributed by atoms with Crippen molar-refractivity contribution < 1.29 is 0 Å². The maximum atomic E-state index is 4.36. The summed E-state index contributed by atoms with van der Waals surface area (Å²) in [7, 11) is 0. The van der Waals surface area contributed by atoms with E-state index < -0.39 is 0 Å². The highest BCUT2D eigenvalue weighted by atomic mass is 15.0. The van der Waals surface area contributed by atoms with E-state index in [1.54, 1.807) is 0 Å². The lowest BCUT2D eigenvalue weighted by atomic mass is 10.1. The number of rotatable bonds is 6. The summed E-state index contributed by atoms with van der Waals surface area (Å²) in [4.78, 5) is 4.36. The van der Waals surface area contributed by atoms with E-state index in [9.17, 15) is 0 Å². The van der Waals surface area contributed by atoms with Crippen LogP contribution in [0.4, 0.5) is 5.82 Å². The van der Waals surface area contributed by atoms with Crippen molar-refractivity contribution in [2.24, 2.45) is 5.92 Å². The second-order valence-corrected chi connectivity index (χ2v) is 4.67. The Kier molecular flexibility index (Phi) is 3.60. The van der Waals surface area contributed by atoms with Crippen LogP contribution in [0.5, 0.6) is 0 Å². The number of nitrogens with one attached hydrogen (secondary N) is 1. The molecule has 1 atom stereocenters. The number of hydrogen-bond donors (Lipinski definition) is 1. The molecule has 0 spiro atoms. The lowest BCUT2D eigenvalue weighted by Crippen LogP contribution is -2.22. The Labute approximate surface area is 97.8 Å². The largest absolute Gasteiger partial charge is 0.367 e. The van der Waals surface area contributed by atoms with Gasteiger partial charge in [-0.25, -0.2) is 4.98 Å². The molecule has 0 aromatic carbocycles. The second-order valence-electron chi connectivity index (χ2n) is 4.67. The molecule has 0 aliphatic heterocycles. The highest BCUT2D eigenvalue weighted by Gasteiger charge is 2.30. The van der Waals surface area contributed by atoms with Gasteiger partial charge in [0.25, 0.3) is 0 Å². The predicted octanol–water partition coefficient (Wildman–Crippen LogP) is 3.55.